The van der Waals surface area contributed by atoms with Gasteiger partial charge < -0.3 is 0 Å². The van der Waals surface area contributed by atoms with E-state index in [1.807, 2.05) is 0 Å². The van der Waals surface area contributed by atoms with Gasteiger partial charge in [0.2, 0.25) is 5.91 Å². The van der Waals surface area contributed by atoms with E-state index >= 15 is 0 Å². The van der Waals surface area contributed by atoms with E-state index in [1.165, 1.54) is 4.90 Å². The van der Waals surface area contributed by atoms with Crippen molar-refractivity contribution in [3.63, 3.8) is 0 Å². The highest BCUT2D eigenvalue weighted by molar-refractivity contribution is 6.11. The lowest BCUT2D eigenvalue weighted by atomic mass is 10.0. The van der Waals surface area contributed by atoms with Crippen LogP contribution in [-0.2, 0) is 4.79 Å². The minimum absolute atomic E-state index is 0.253. The summed E-state index contributed by atoms with van der Waals surface area (Å²) in [5.74, 6) is -0.279. The van der Waals surface area contributed by atoms with Gasteiger partial charge in [0.05, 0.1) is 5.69 Å². The fourth-order valence-corrected chi connectivity index (χ4v) is 2.33. The molecule has 1 fully saturated rings. The molecule has 0 radical (unpaired) electrons. The number of urea groups is 1. The third kappa shape index (κ3) is 1.91. The van der Waals surface area contributed by atoms with Crippen LogP contribution in [0.2, 0.25) is 0 Å². The Kier molecular flexibility index (Phi) is 2.90. The number of anilines is 1. The van der Waals surface area contributed by atoms with Gasteiger partial charge in [0, 0.05) is 36.3 Å². The number of fused-ring (bicyclic) bond motifs is 1. The third-order valence-electron chi connectivity index (χ3n) is 3.30. The molecule has 1 aromatic heterocycles. The molecule has 1 aliphatic rings. The molecule has 2 heterocycles. The number of pyridine rings is 1. The first-order valence-electron chi connectivity index (χ1n) is 6.14. The van der Waals surface area contributed by atoms with Gasteiger partial charge in [-0.3, -0.25) is 24.8 Å². The molecule has 100 valence electrons. The average Bonchev–Trinajstić information content (AvgIpc) is 2.47. The number of carbonyl (C=O) groups excluding carboxylic acids is 3. The van der Waals surface area contributed by atoms with Crippen molar-refractivity contribution in [1.82, 2.24) is 10.3 Å². The van der Waals surface area contributed by atoms with Crippen molar-refractivity contribution in [3.8, 4) is 0 Å². The summed E-state index contributed by atoms with van der Waals surface area (Å²) in [6.45, 7) is 0.315. The summed E-state index contributed by atoms with van der Waals surface area (Å²) < 4.78 is 0. The van der Waals surface area contributed by atoms with Crippen LogP contribution >= 0.6 is 0 Å². The molecular weight excluding hydrogens is 258 g/mol. The van der Waals surface area contributed by atoms with Gasteiger partial charge in [0.15, 0.2) is 6.29 Å². The lowest BCUT2D eigenvalue weighted by Crippen LogP contribution is -2.49. The molecule has 3 rings (SSSR count). The monoisotopic (exact) mass is 269 g/mol. The minimum atomic E-state index is -0.453. The van der Waals surface area contributed by atoms with Crippen LogP contribution in [0, 0.1) is 0 Å². The zero-order chi connectivity index (χ0) is 14.1. The van der Waals surface area contributed by atoms with E-state index in [9.17, 15) is 14.4 Å². The first-order chi connectivity index (χ1) is 9.70. The Morgan fingerprint density at radius 1 is 1.20 bits per heavy atom. The van der Waals surface area contributed by atoms with Crippen molar-refractivity contribution in [3.05, 3.63) is 36.2 Å². The normalized spacial score (nSPS) is 15.3. The number of aldehydes is 1. The lowest BCUT2D eigenvalue weighted by molar-refractivity contribution is -0.120. The zero-order valence-electron chi connectivity index (χ0n) is 10.5. The van der Waals surface area contributed by atoms with Crippen LogP contribution < -0.4 is 10.2 Å². The van der Waals surface area contributed by atoms with Crippen molar-refractivity contribution in [1.29, 1.82) is 0 Å². The second-order valence-corrected chi connectivity index (χ2v) is 4.47. The number of nitrogens with one attached hydrogen (secondary N) is 1. The molecular formula is C14H11N3O3. The highest BCUT2D eigenvalue weighted by Crippen LogP contribution is 2.29. The maximum absolute atomic E-state index is 11.9. The molecule has 2 aromatic rings. The molecule has 0 saturated carbocycles. The van der Waals surface area contributed by atoms with E-state index in [-0.39, 0.29) is 12.3 Å². The van der Waals surface area contributed by atoms with Crippen LogP contribution in [0.15, 0.2) is 30.6 Å². The van der Waals surface area contributed by atoms with E-state index in [1.54, 1.807) is 30.6 Å². The van der Waals surface area contributed by atoms with Gasteiger partial charge in [-0.15, -0.1) is 0 Å². The van der Waals surface area contributed by atoms with Crippen molar-refractivity contribution >= 4 is 34.7 Å². The molecule has 0 aliphatic carbocycles. The molecule has 6 heteroatoms. The SMILES string of the molecule is O=Cc1ccc(N2CCC(=O)NC2=O)c2cnccc12. The first-order valence-corrected chi connectivity index (χ1v) is 6.14. The number of aromatic nitrogens is 1. The van der Waals surface area contributed by atoms with Gasteiger partial charge in [0.1, 0.15) is 0 Å². The largest absolute Gasteiger partial charge is 0.328 e. The predicted octanol–water partition coefficient (Wildman–Crippen LogP) is 1.49. The van der Waals surface area contributed by atoms with Crippen molar-refractivity contribution < 1.29 is 14.4 Å². The fourth-order valence-electron chi connectivity index (χ4n) is 2.33. The Balaban J connectivity index is 2.15. The molecule has 0 unspecified atom stereocenters. The summed E-state index contributed by atoms with van der Waals surface area (Å²) in [6.07, 6.45) is 4.23. The van der Waals surface area contributed by atoms with Crippen LogP contribution in [-0.4, -0.2) is 29.8 Å². The number of carbonyl (C=O) groups is 3. The standard InChI is InChI=1S/C14H11N3O3/c18-8-9-1-2-12(11-7-15-5-3-10(9)11)17-6-4-13(19)16-14(17)20/h1-3,5,7-8H,4,6H2,(H,16,19,20). The average molecular weight is 269 g/mol. The molecule has 0 atom stereocenters. The van der Waals surface area contributed by atoms with Crippen molar-refractivity contribution in [2.24, 2.45) is 0 Å². The third-order valence-corrected chi connectivity index (χ3v) is 3.30. The van der Waals surface area contributed by atoms with E-state index < -0.39 is 6.03 Å². The van der Waals surface area contributed by atoms with Gasteiger partial charge in [-0.05, 0) is 23.6 Å². The minimum Gasteiger partial charge on any atom is -0.298 e. The van der Waals surface area contributed by atoms with Gasteiger partial charge in [-0.1, -0.05) is 0 Å². The predicted molar refractivity (Wildman–Crippen MR) is 72.6 cm³/mol. The number of rotatable bonds is 2. The fraction of sp³-hybridized carbons (Fsp3) is 0.143. The van der Waals surface area contributed by atoms with E-state index in [0.29, 0.717) is 23.2 Å². The Morgan fingerprint density at radius 2 is 2.05 bits per heavy atom. The smallest absolute Gasteiger partial charge is 0.298 e. The van der Waals surface area contributed by atoms with Crippen molar-refractivity contribution in [2.75, 3.05) is 11.4 Å². The summed E-state index contributed by atoms with van der Waals surface area (Å²) in [5, 5.41) is 3.72. The first kappa shape index (κ1) is 12.3. The molecule has 20 heavy (non-hydrogen) atoms. The van der Waals surface area contributed by atoms with Gasteiger partial charge in [0.25, 0.3) is 0 Å². The van der Waals surface area contributed by atoms with E-state index in [2.05, 4.69) is 10.3 Å². The molecule has 1 aromatic carbocycles. The topological polar surface area (TPSA) is 79.4 Å². The van der Waals surface area contributed by atoms with Crippen LogP contribution in [0.3, 0.4) is 0 Å². The van der Waals surface area contributed by atoms with E-state index in [0.717, 1.165) is 11.7 Å². The van der Waals surface area contributed by atoms with Crippen molar-refractivity contribution in [2.45, 2.75) is 6.42 Å². The van der Waals surface area contributed by atoms with Crippen LogP contribution in [0.5, 0.6) is 0 Å². The number of imide groups is 1. The Hall–Kier alpha value is -2.76. The number of nitrogens with zero attached hydrogens (tertiary/aromatic N) is 2. The van der Waals surface area contributed by atoms with E-state index in [4.69, 9.17) is 0 Å². The summed E-state index contributed by atoms with van der Waals surface area (Å²) in [4.78, 5) is 39.7. The number of benzene rings is 1. The molecule has 1 saturated heterocycles. The van der Waals surface area contributed by atoms with Crippen LogP contribution in [0.1, 0.15) is 16.8 Å². The maximum atomic E-state index is 11.9. The number of hydrogen-bond acceptors (Lipinski definition) is 4. The second-order valence-electron chi connectivity index (χ2n) is 4.47. The molecule has 1 N–H and O–H groups in total. The Bertz CT molecular complexity index is 727. The highest BCUT2D eigenvalue weighted by Gasteiger charge is 2.25. The van der Waals surface area contributed by atoms with Crippen LogP contribution in [0.4, 0.5) is 10.5 Å². The summed E-state index contributed by atoms with van der Waals surface area (Å²) >= 11 is 0. The highest BCUT2D eigenvalue weighted by atomic mass is 16.2. The van der Waals surface area contributed by atoms with Gasteiger partial charge in [-0.25, -0.2) is 4.79 Å². The molecule has 6 nitrogen and oxygen atoms in total. The Labute approximate surface area is 114 Å². The molecule has 0 bridgehead atoms. The number of hydrogen-bond donors (Lipinski definition) is 1. The summed E-state index contributed by atoms with van der Waals surface area (Å²) in [7, 11) is 0. The zero-order valence-corrected chi connectivity index (χ0v) is 10.5. The summed E-state index contributed by atoms with van der Waals surface area (Å²) in [6, 6.07) is 4.64. The quantitative estimate of drug-likeness (QED) is 0.838. The van der Waals surface area contributed by atoms with Crippen LogP contribution in [0.25, 0.3) is 10.8 Å². The maximum Gasteiger partial charge on any atom is 0.328 e. The number of amides is 3. The summed E-state index contributed by atoms with van der Waals surface area (Å²) in [5.41, 5.74) is 1.18. The lowest BCUT2D eigenvalue weighted by Gasteiger charge is -2.27. The Morgan fingerprint density at radius 3 is 2.80 bits per heavy atom. The van der Waals surface area contributed by atoms with Gasteiger partial charge in [-0.2, -0.15) is 0 Å². The molecule has 0 spiro atoms. The molecule has 3 amide bonds. The molecule has 1 aliphatic heterocycles. The van der Waals surface area contributed by atoms with Gasteiger partial charge >= 0.3 is 6.03 Å². The second kappa shape index (κ2) is 4.73.